The van der Waals surface area contributed by atoms with Crippen molar-refractivity contribution < 1.29 is 9.59 Å². The molecule has 0 saturated carbocycles. The van der Waals surface area contributed by atoms with E-state index in [0.29, 0.717) is 29.3 Å². The zero-order valence-electron chi connectivity index (χ0n) is 14.8. The highest BCUT2D eigenvalue weighted by Gasteiger charge is 2.15. The first-order valence-electron chi connectivity index (χ1n) is 9.18. The Bertz CT molecular complexity index is 740. The van der Waals surface area contributed by atoms with Crippen LogP contribution in [0.25, 0.3) is 0 Å². The summed E-state index contributed by atoms with van der Waals surface area (Å²) in [5.74, 6) is 0.418. The van der Waals surface area contributed by atoms with Crippen LogP contribution in [0, 0.1) is 5.92 Å². The van der Waals surface area contributed by atoms with Crippen LogP contribution in [0.5, 0.6) is 0 Å². The Morgan fingerprint density at radius 3 is 2.19 bits per heavy atom. The predicted octanol–water partition coefficient (Wildman–Crippen LogP) is 3.66. The Kier molecular flexibility index (Phi) is 6.39. The van der Waals surface area contributed by atoms with Gasteiger partial charge in [0.2, 0.25) is 5.91 Å². The quantitative estimate of drug-likeness (QED) is 0.744. The third-order valence-corrected chi connectivity index (χ3v) is 4.72. The van der Waals surface area contributed by atoms with Crippen LogP contribution in [0.1, 0.15) is 36.0 Å². The van der Waals surface area contributed by atoms with Gasteiger partial charge in [-0.25, -0.2) is 0 Å². The van der Waals surface area contributed by atoms with Crippen LogP contribution in [0.15, 0.2) is 54.6 Å². The number of hydrogen-bond donors (Lipinski definition) is 3. The van der Waals surface area contributed by atoms with Crippen LogP contribution >= 0.6 is 0 Å². The van der Waals surface area contributed by atoms with Gasteiger partial charge in [0, 0.05) is 12.0 Å². The second-order valence-electron chi connectivity index (χ2n) is 6.65. The zero-order chi connectivity index (χ0) is 18.2. The summed E-state index contributed by atoms with van der Waals surface area (Å²) in [6.07, 6.45) is 3.69. The number of rotatable bonds is 6. The predicted molar refractivity (Wildman–Crippen MR) is 104 cm³/mol. The molecule has 3 rings (SSSR count). The average molecular weight is 351 g/mol. The molecule has 0 aromatic heterocycles. The summed E-state index contributed by atoms with van der Waals surface area (Å²) in [4.78, 5) is 24.7. The summed E-state index contributed by atoms with van der Waals surface area (Å²) in [5.41, 5.74) is 1.82. The number of nitrogens with one attached hydrogen (secondary N) is 3. The van der Waals surface area contributed by atoms with E-state index in [9.17, 15) is 9.59 Å². The van der Waals surface area contributed by atoms with Gasteiger partial charge in [-0.1, -0.05) is 30.3 Å². The fraction of sp³-hybridized carbons (Fsp3) is 0.333. The first kappa shape index (κ1) is 18.1. The fourth-order valence-corrected chi connectivity index (χ4v) is 3.20. The molecule has 0 atom stereocenters. The molecular weight excluding hydrogens is 326 g/mol. The van der Waals surface area contributed by atoms with Crippen molar-refractivity contribution in [3.05, 3.63) is 60.2 Å². The smallest absolute Gasteiger partial charge is 0.255 e. The van der Waals surface area contributed by atoms with E-state index < -0.39 is 0 Å². The lowest BCUT2D eigenvalue weighted by atomic mass is 9.93. The molecule has 5 nitrogen and oxygen atoms in total. The minimum Gasteiger partial charge on any atom is -0.324 e. The summed E-state index contributed by atoms with van der Waals surface area (Å²) in [7, 11) is 0. The Hall–Kier alpha value is -2.66. The van der Waals surface area contributed by atoms with Crippen molar-refractivity contribution in [2.45, 2.75) is 25.7 Å². The minimum atomic E-state index is -0.193. The summed E-state index contributed by atoms with van der Waals surface area (Å²) in [6.45, 7) is 2.08. The van der Waals surface area contributed by atoms with Gasteiger partial charge in [0.25, 0.3) is 5.91 Å². The SMILES string of the molecule is O=C(CCC1CCNCC1)Nc1ccccc1NC(=O)c1ccccc1. The molecule has 2 amide bonds. The fourth-order valence-electron chi connectivity index (χ4n) is 3.20. The lowest BCUT2D eigenvalue weighted by Gasteiger charge is -2.22. The van der Waals surface area contributed by atoms with E-state index in [1.54, 1.807) is 18.2 Å². The van der Waals surface area contributed by atoms with Gasteiger partial charge in [0.15, 0.2) is 0 Å². The standard InChI is InChI=1S/C21H25N3O2/c25-20(11-10-16-12-14-22-15-13-16)23-18-8-4-5-9-19(18)24-21(26)17-6-2-1-3-7-17/h1-9,16,22H,10-15H2,(H,23,25)(H,24,26). The second kappa shape index (κ2) is 9.15. The molecule has 3 N–H and O–H groups in total. The lowest BCUT2D eigenvalue weighted by molar-refractivity contribution is -0.116. The van der Waals surface area contributed by atoms with Gasteiger partial charge in [-0.05, 0) is 62.5 Å². The molecule has 26 heavy (non-hydrogen) atoms. The van der Waals surface area contributed by atoms with Crippen LogP contribution in [-0.2, 0) is 4.79 Å². The van der Waals surface area contributed by atoms with Gasteiger partial charge in [0.05, 0.1) is 11.4 Å². The van der Waals surface area contributed by atoms with E-state index in [4.69, 9.17) is 0 Å². The van der Waals surface area contributed by atoms with Gasteiger partial charge in [-0.3, -0.25) is 9.59 Å². The molecular formula is C21H25N3O2. The van der Waals surface area contributed by atoms with Crippen molar-refractivity contribution in [3.63, 3.8) is 0 Å². The maximum Gasteiger partial charge on any atom is 0.255 e. The highest BCUT2D eigenvalue weighted by atomic mass is 16.2. The van der Waals surface area contributed by atoms with E-state index >= 15 is 0 Å². The number of amides is 2. The summed E-state index contributed by atoms with van der Waals surface area (Å²) < 4.78 is 0. The van der Waals surface area contributed by atoms with Gasteiger partial charge in [-0.15, -0.1) is 0 Å². The summed E-state index contributed by atoms with van der Waals surface area (Å²) >= 11 is 0. The van der Waals surface area contributed by atoms with Gasteiger partial charge in [0.1, 0.15) is 0 Å². The van der Waals surface area contributed by atoms with Crippen LogP contribution < -0.4 is 16.0 Å². The molecule has 136 valence electrons. The monoisotopic (exact) mass is 351 g/mol. The number of anilines is 2. The topological polar surface area (TPSA) is 70.2 Å². The first-order valence-corrected chi connectivity index (χ1v) is 9.18. The number of carbonyl (C=O) groups excluding carboxylic acids is 2. The van der Waals surface area contributed by atoms with Crippen molar-refractivity contribution in [1.29, 1.82) is 0 Å². The van der Waals surface area contributed by atoms with Crippen molar-refractivity contribution in [3.8, 4) is 0 Å². The minimum absolute atomic E-state index is 0.00931. The average Bonchev–Trinajstić information content (AvgIpc) is 2.69. The van der Waals surface area contributed by atoms with Crippen molar-refractivity contribution in [2.75, 3.05) is 23.7 Å². The maximum absolute atomic E-state index is 12.4. The number of piperidine rings is 1. The van der Waals surface area contributed by atoms with E-state index in [1.807, 2.05) is 36.4 Å². The molecule has 1 fully saturated rings. The number of benzene rings is 2. The largest absolute Gasteiger partial charge is 0.324 e. The highest BCUT2D eigenvalue weighted by Crippen LogP contribution is 2.23. The van der Waals surface area contributed by atoms with Gasteiger partial charge in [-0.2, -0.15) is 0 Å². The molecule has 0 aliphatic carbocycles. The van der Waals surface area contributed by atoms with Crippen molar-refractivity contribution in [1.82, 2.24) is 5.32 Å². The Balaban J connectivity index is 1.58. The Morgan fingerprint density at radius 2 is 1.50 bits per heavy atom. The van der Waals surface area contributed by atoms with Crippen LogP contribution in [-0.4, -0.2) is 24.9 Å². The summed E-state index contributed by atoms with van der Waals surface area (Å²) in [5, 5.41) is 9.15. The van der Waals surface area contributed by atoms with Gasteiger partial charge >= 0.3 is 0 Å². The zero-order valence-corrected chi connectivity index (χ0v) is 14.8. The van der Waals surface area contributed by atoms with Gasteiger partial charge < -0.3 is 16.0 Å². The molecule has 0 radical (unpaired) electrons. The molecule has 0 bridgehead atoms. The molecule has 0 unspecified atom stereocenters. The number of hydrogen-bond acceptors (Lipinski definition) is 3. The van der Waals surface area contributed by atoms with E-state index in [0.717, 1.165) is 32.4 Å². The van der Waals surface area contributed by atoms with E-state index in [-0.39, 0.29) is 11.8 Å². The Morgan fingerprint density at radius 1 is 0.885 bits per heavy atom. The highest BCUT2D eigenvalue weighted by molar-refractivity contribution is 6.07. The van der Waals surface area contributed by atoms with Crippen LogP contribution in [0.3, 0.4) is 0 Å². The third kappa shape index (κ3) is 5.17. The molecule has 1 saturated heterocycles. The second-order valence-corrected chi connectivity index (χ2v) is 6.65. The normalized spacial score (nSPS) is 14.6. The molecule has 0 spiro atoms. The molecule has 2 aromatic rings. The van der Waals surface area contributed by atoms with E-state index in [1.165, 1.54) is 0 Å². The molecule has 5 heteroatoms. The molecule has 1 aliphatic rings. The Labute approximate surface area is 154 Å². The first-order chi connectivity index (χ1) is 12.7. The molecule has 2 aromatic carbocycles. The van der Waals surface area contributed by atoms with Crippen molar-refractivity contribution in [2.24, 2.45) is 5.92 Å². The van der Waals surface area contributed by atoms with Crippen LogP contribution in [0.4, 0.5) is 11.4 Å². The number of carbonyl (C=O) groups is 2. The maximum atomic E-state index is 12.4. The number of para-hydroxylation sites is 2. The molecule has 1 aliphatic heterocycles. The third-order valence-electron chi connectivity index (χ3n) is 4.72. The van der Waals surface area contributed by atoms with E-state index in [2.05, 4.69) is 16.0 Å². The lowest BCUT2D eigenvalue weighted by Crippen LogP contribution is -2.28. The molecule has 1 heterocycles. The van der Waals surface area contributed by atoms with Crippen molar-refractivity contribution >= 4 is 23.2 Å². The summed E-state index contributed by atoms with van der Waals surface area (Å²) in [6, 6.07) is 16.3. The van der Waals surface area contributed by atoms with Crippen LogP contribution in [0.2, 0.25) is 0 Å².